The molecule has 0 unspecified atom stereocenters. The highest BCUT2D eigenvalue weighted by Gasteiger charge is 2.51. The molecule has 4 aliphatic rings. The molecule has 39 heavy (non-hydrogen) atoms. The molecule has 0 saturated heterocycles. The van der Waals surface area contributed by atoms with Crippen molar-refractivity contribution in [3.8, 4) is 11.5 Å². The number of methoxy groups -OCH3 is 1. The average molecular weight is 545 g/mol. The van der Waals surface area contributed by atoms with Crippen molar-refractivity contribution in [2.75, 3.05) is 13.7 Å². The Bertz CT molecular complexity index is 1130. The van der Waals surface area contributed by atoms with Gasteiger partial charge in [0.15, 0.2) is 11.6 Å². The van der Waals surface area contributed by atoms with E-state index in [9.17, 15) is 23.9 Å². The van der Waals surface area contributed by atoms with E-state index >= 15 is 0 Å². The van der Waals surface area contributed by atoms with Crippen LogP contribution >= 0.6 is 0 Å². The summed E-state index contributed by atoms with van der Waals surface area (Å²) in [5, 5.41) is 15.8. The quantitative estimate of drug-likeness (QED) is 0.415. The summed E-state index contributed by atoms with van der Waals surface area (Å²) < 4.78 is 26.2. The fourth-order valence-electron chi connectivity index (χ4n) is 7.19. The number of benzene rings is 1. The third-order valence-corrected chi connectivity index (χ3v) is 10.1. The number of hydrogen-bond donors (Lipinski definition) is 3. The van der Waals surface area contributed by atoms with Gasteiger partial charge in [0.05, 0.1) is 30.1 Å². The van der Waals surface area contributed by atoms with E-state index in [4.69, 9.17) is 9.47 Å². The van der Waals surface area contributed by atoms with Gasteiger partial charge in [0, 0.05) is 18.7 Å². The number of carboxylic acids is 1. The summed E-state index contributed by atoms with van der Waals surface area (Å²) in [6.45, 7) is 4.59. The monoisotopic (exact) mass is 544 g/mol. The molecule has 0 radical (unpaired) electrons. The number of carboxylic acid groups (broad SMARTS) is 1. The Hall–Kier alpha value is -2.84. The van der Waals surface area contributed by atoms with E-state index < -0.39 is 23.1 Å². The first-order valence-electron chi connectivity index (χ1n) is 14.4. The molecule has 1 aromatic rings. The van der Waals surface area contributed by atoms with Crippen molar-refractivity contribution in [2.45, 2.75) is 90.2 Å². The lowest BCUT2D eigenvalue weighted by atomic mass is 9.70. The number of rotatable bonds is 9. The summed E-state index contributed by atoms with van der Waals surface area (Å²) in [6, 6.07) is 2.24. The number of halogens is 1. The van der Waals surface area contributed by atoms with Gasteiger partial charge in [-0.15, -0.1) is 0 Å². The van der Waals surface area contributed by atoms with E-state index in [2.05, 4.69) is 17.6 Å². The summed E-state index contributed by atoms with van der Waals surface area (Å²) in [5.74, 6) is -1.61. The molecule has 4 aliphatic carbocycles. The molecular formula is C30H41FN2O6. The van der Waals surface area contributed by atoms with Crippen LogP contribution in [0.4, 0.5) is 4.39 Å². The number of aliphatic carboxylic acids is 1. The van der Waals surface area contributed by atoms with Gasteiger partial charge >= 0.3 is 5.97 Å². The zero-order valence-corrected chi connectivity index (χ0v) is 23.2. The molecule has 8 nitrogen and oxygen atoms in total. The predicted molar refractivity (Wildman–Crippen MR) is 142 cm³/mol. The molecular weight excluding hydrogens is 503 g/mol. The van der Waals surface area contributed by atoms with Gasteiger partial charge in [-0.2, -0.15) is 0 Å². The Balaban J connectivity index is 1.28. The Morgan fingerprint density at radius 3 is 2.33 bits per heavy atom. The maximum absolute atomic E-state index is 14.9. The van der Waals surface area contributed by atoms with Crippen LogP contribution < -0.4 is 20.1 Å². The van der Waals surface area contributed by atoms with Crippen LogP contribution in [0.3, 0.4) is 0 Å². The van der Waals surface area contributed by atoms with Crippen molar-refractivity contribution in [1.82, 2.24) is 10.6 Å². The molecule has 4 fully saturated rings. The summed E-state index contributed by atoms with van der Waals surface area (Å²) >= 11 is 0. The standard InChI is InChI=1S/C30H41FN2O6/c1-29(9-4-10-29)16-32-27(35)24-17-5-6-18(13-17)25(24)33-26(34)20-14-23(21(31)15-22(20)38-3)39-19-7-11-30(2,12-8-19)28(36)37/h14-15,17-19,24-25H,4-13,16H2,1-3H3,(H,32,35)(H,33,34)(H,36,37)/t17-,18+,19?,24+,25-,30?/m0/s1. The molecule has 0 heterocycles. The van der Waals surface area contributed by atoms with Crippen LogP contribution in [-0.4, -0.2) is 48.7 Å². The van der Waals surface area contributed by atoms with Crippen LogP contribution in [0.15, 0.2) is 12.1 Å². The maximum atomic E-state index is 14.9. The van der Waals surface area contributed by atoms with Crippen LogP contribution in [0.25, 0.3) is 0 Å². The first kappa shape index (κ1) is 27.7. The molecule has 2 bridgehead atoms. The highest BCUT2D eigenvalue weighted by molar-refractivity contribution is 5.98. The van der Waals surface area contributed by atoms with E-state index in [0.29, 0.717) is 32.2 Å². The highest BCUT2D eigenvalue weighted by Crippen LogP contribution is 2.49. The Morgan fingerprint density at radius 1 is 1.03 bits per heavy atom. The van der Waals surface area contributed by atoms with Crippen molar-refractivity contribution in [3.63, 3.8) is 0 Å². The fourth-order valence-corrected chi connectivity index (χ4v) is 7.19. The van der Waals surface area contributed by atoms with E-state index in [-0.39, 0.29) is 58.3 Å². The smallest absolute Gasteiger partial charge is 0.309 e. The second kappa shape index (κ2) is 10.6. The number of amides is 2. The molecule has 3 N–H and O–H groups in total. The average Bonchev–Trinajstić information content (AvgIpc) is 3.50. The van der Waals surface area contributed by atoms with Gasteiger partial charge in [-0.1, -0.05) is 13.3 Å². The number of nitrogens with one attached hydrogen (secondary N) is 2. The molecule has 0 aliphatic heterocycles. The number of fused-ring (bicyclic) bond motifs is 2. The molecule has 4 atom stereocenters. The number of carbonyl (C=O) groups is 3. The largest absolute Gasteiger partial charge is 0.496 e. The molecule has 2 amide bonds. The predicted octanol–water partition coefficient (Wildman–Crippen LogP) is 4.70. The topological polar surface area (TPSA) is 114 Å². The molecule has 0 aromatic heterocycles. The Morgan fingerprint density at radius 2 is 1.72 bits per heavy atom. The number of carbonyl (C=O) groups excluding carboxylic acids is 2. The van der Waals surface area contributed by atoms with Crippen molar-refractivity contribution < 1.29 is 33.4 Å². The number of hydrogen-bond acceptors (Lipinski definition) is 5. The lowest BCUT2D eigenvalue weighted by Gasteiger charge is -2.39. The highest BCUT2D eigenvalue weighted by atomic mass is 19.1. The summed E-state index contributed by atoms with van der Waals surface area (Å²) in [4.78, 5) is 38.4. The van der Waals surface area contributed by atoms with Gasteiger partial charge in [0.1, 0.15) is 5.75 Å². The lowest BCUT2D eigenvalue weighted by molar-refractivity contribution is -0.150. The summed E-state index contributed by atoms with van der Waals surface area (Å²) in [7, 11) is 1.38. The third-order valence-electron chi connectivity index (χ3n) is 10.1. The minimum atomic E-state index is -0.833. The Kier molecular flexibility index (Phi) is 7.55. The Labute approximate surface area is 229 Å². The lowest BCUT2D eigenvalue weighted by Crippen LogP contribution is -2.51. The van der Waals surface area contributed by atoms with Gasteiger partial charge < -0.3 is 25.2 Å². The minimum absolute atomic E-state index is 0.0152. The molecule has 9 heteroatoms. The normalized spacial score (nSPS) is 32.7. The van der Waals surface area contributed by atoms with E-state index in [0.717, 1.165) is 38.2 Å². The van der Waals surface area contributed by atoms with Crippen molar-refractivity contribution in [2.24, 2.45) is 28.6 Å². The second-order valence-corrected chi connectivity index (χ2v) is 12.9. The van der Waals surface area contributed by atoms with E-state index in [1.165, 1.54) is 19.6 Å². The van der Waals surface area contributed by atoms with Crippen LogP contribution in [0.5, 0.6) is 11.5 Å². The fraction of sp³-hybridized carbons (Fsp3) is 0.700. The minimum Gasteiger partial charge on any atom is -0.496 e. The van der Waals surface area contributed by atoms with Gasteiger partial charge in [-0.3, -0.25) is 14.4 Å². The van der Waals surface area contributed by atoms with Crippen LogP contribution in [0.2, 0.25) is 0 Å². The van der Waals surface area contributed by atoms with Gasteiger partial charge in [0.2, 0.25) is 5.91 Å². The molecule has 1 aromatic carbocycles. The van der Waals surface area contributed by atoms with Crippen LogP contribution in [0.1, 0.15) is 88.4 Å². The SMILES string of the molecule is COc1cc(F)c(OC2CCC(C)(C(=O)O)CC2)cc1C(=O)N[C@H]1[C@@H]2CC[C@@H](C2)[C@H]1C(=O)NCC1(C)CCC1. The van der Waals surface area contributed by atoms with Gasteiger partial charge in [-0.25, -0.2) is 4.39 Å². The first-order valence-corrected chi connectivity index (χ1v) is 14.4. The molecule has 5 rings (SSSR count). The summed E-state index contributed by atoms with van der Waals surface area (Å²) in [5.41, 5.74) is -0.472. The van der Waals surface area contributed by atoms with Gasteiger partial charge in [-0.05, 0) is 88.0 Å². The molecule has 214 valence electrons. The first-order chi connectivity index (χ1) is 18.5. The van der Waals surface area contributed by atoms with Crippen molar-refractivity contribution >= 4 is 17.8 Å². The molecule has 0 spiro atoms. The summed E-state index contributed by atoms with van der Waals surface area (Å²) in [6.07, 6.45) is 7.84. The van der Waals surface area contributed by atoms with Crippen LogP contribution in [0, 0.1) is 34.4 Å². The molecule has 4 saturated carbocycles. The zero-order valence-electron chi connectivity index (χ0n) is 23.2. The third kappa shape index (κ3) is 5.46. The number of ether oxygens (including phenoxy) is 2. The maximum Gasteiger partial charge on any atom is 0.309 e. The zero-order chi connectivity index (χ0) is 27.9. The second-order valence-electron chi connectivity index (χ2n) is 12.9. The van der Waals surface area contributed by atoms with Crippen molar-refractivity contribution in [3.05, 3.63) is 23.5 Å². The van der Waals surface area contributed by atoms with E-state index in [1.807, 2.05) is 0 Å². The van der Waals surface area contributed by atoms with E-state index in [1.54, 1.807) is 6.92 Å². The van der Waals surface area contributed by atoms with Crippen LogP contribution in [-0.2, 0) is 9.59 Å². The van der Waals surface area contributed by atoms with Crippen molar-refractivity contribution in [1.29, 1.82) is 0 Å². The van der Waals surface area contributed by atoms with Gasteiger partial charge in [0.25, 0.3) is 5.91 Å².